The van der Waals surface area contributed by atoms with Gasteiger partial charge in [-0.1, -0.05) is 46.2 Å². The summed E-state index contributed by atoms with van der Waals surface area (Å²) in [6.07, 6.45) is 7.83. The van der Waals surface area contributed by atoms with Gasteiger partial charge in [-0.15, -0.1) is 0 Å². The van der Waals surface area contributed by atoms with Crippen LogP contribution in [0.3, 0.4) is 0 Å². The summed E-state index contributed by atoms with van der Waals surface area (Å²) in [7, 11) is 0. The molecule has 1 nitrogen and oxygen atoms in total. The molecule has 2 rings (SSSR count). The number of nitrogens with one attached hydrogen (secondary N) is 1. The van der Waals surface area contributed by atoms with Crippen molar-refractivity contribution >= 4 is 5.69 Å². The highest BCUT2D eigenvalue weighted by Gasteiger charge is 2.31. The molecule has 1 aromatic rings. The molecule has 0 atom stereocenters. The van der Waals surface area contributed by atoms with Crippen molar-refractivity contribution < 1.29 is 0 Å². The standard InChI is InChI=1S/C19H31N/c1-5-15-8-7-9-18(14-15)20-17-12-10-16(11-13-17)19(3,4)6-2/h7-9,14,16-17,20H,5-6,10-13H2,1-4H3. The number of rotatable bonds is 5. The lowest BCUT2D eigenvalue weighted by Crippen LogP contribution is -2.32. The van der Waals surface area contributed by atoms with Gasteiger partial charge in [0, 0.05) is 11.7 Å². The molecule has 0 radical (unpaired) electrons. The lowest BCUT2D eigenvalue weighted by atomic mass is 9.69. The van der Waals surface area contributed by atoms with Gasteiger partial charge in [-0.2, -0.15) is 0 Å². The number of aryl methyl sites for hydroxylation is 1. The molecule has 0 saturated heterocycles. The number of hydrogen-bond acceptors (Lipinski definition) is 1. The van der Waals surface area contributed by atoms with Gasteiger partial charge in [-0.25, -0.2) is 0 Å². The lowest BCUT2D eigenvalue weighted by molar-refractivity contribution is 0.147. The fourth-order valence-electron chi connectivity index (χ4n) is 3.42. The first-order valence-corrected chi connectivity index (χ1v) is 8.40. The van der Waals surface area contributed by atoms with E-state index in [2.05, 4.69) is 57.3 Å². The molecule has 0 amide bonds. The summed E-state index contributed by atoms with van der Waals surface area (Å²) < 4.78 is 0. The van der Waals surface area contributed by atoms with Gasteiger partial charge in [-0.3, -0.25) is 0 Å². The predicted octanol–water partition coefficient (Wildman–Crippen LogP) is 5.66. The molecule has 1 N–H and O–H groups in total. The minimum atomic E-state index is 0.521. The van der Waals surface area contributed by atoms with E-state index in [-0.39, 0.29) is 0 Å². The molecular formula is C19H31N. The van der Waals surface area contributed by atoms with Crippen LogP contribution in [-0.4, -0.2) is 6.04 Å². The molecule has 0 aliphatic heterocycles. The minimum Gasteiger partial charge on any atom is -0.382 e. The van der Waals surface area contributed by atoms with Crippen LogP contribution in [0.5, 0.6) is 0 Å². The van der Waals surface area contributed by atoms with Gasteiger partial charge in [0.05, 0.1) is 0 Å². The first kappa shape index (κ1) is 15.4. The minimum absolute atomic E-state index is 0.521. The average molecular weight is 273 g/mol. The molecule has 20 heavy (non-hydrogen) atoms. The van der Waals surface area contributed by atoms with Crippen LogP contribution < -0.4 is 5.32 Å². The summed E-state index contributed by atoms with van der Waals surface area (Å²) in [5.74, 6) is 0.910. The van der Waals surface area contributed by atoms with Crippen molar-refractivity contribution in [1.29, 1.82) is 0 Å². The van der Waals surface area contributed by atoms with Crippen molar-refractivity contribution in [3.8, 4) is 0 Å². The highest BCUT2D eigenvalue weighted by molar-refractivity contribution is 5.46. The molecule has 1 saturated carbocycles. The molecule has 0 unspecified atom stereocenters. The van der Waals surface area contributed by atoms with Crippen LogP contribution >= 0.6 is 0 Å². The lowest BCUT2D eigenvalue weighted by Gasteiger charge is -2.39. The number of hydrogen-bond donors (Lipinski definition) is 1. The Hall–Kier alpha value is -0.980. The molecule has 1 aliphatic carbocycles. The Kier molecular flexibility index (Phi) is 5.12. The van der Waals surface area contributed by atoms with Crippen molar-refractivity contribution in [3.63, 3.8) is 0 Å². The zero-order chi connectivity index (χ0) is 14.6. The first-order valence-electron chi connectivity index (χ1n) is 8.40. The van der Waals surface area contributed by atoms with E-state index in [1.54, 1.807) is 0 Å². The molecule has 112 valence electrons. The Morgan fingerprint density at radius 2 is 1.80 bits per heavy atom. The van der Waals surface area contributed by atoms with Gasteiger partial charge in [0.2, 0.25) is 0 Å². The highest BCUT2D eigenvalue weighted by atomic mass is 14.9. The Balaban J connectivity index is 1.88. The van der Waals surface area contributed by atoms with E-state index >= 15 is 0 Å². The molecule has 0 spiro atoms. The van der Waals surface area contributed by atoms with Gasteiger partial charge in [0.1, 0.15) is 0 Å². The molecule has 1 aromatic carbocycles. The maximum Gasteiger partial charge on any atom is 0.0345 e. The van der Waals surface area contributed by atoms with Crippen LogP contribution in [-0.2, 0) is 6.42 Å². The van der Waals surface area contributed by atoms with Crippen molar-refractivity contribution in [2.45, 2.75) is 72.3 Å². The molecular weight excluding hydrogens is 242 g/mol. The van der Waals surface area contributed by atoms with Crippen LogP contribution in [0.2, 0.25) is 0 Å². The van der Waals surface area contributed by atoms with Crippen LogP contribution in [0.1, 0.15) is 65.4 Å². The maximum atomic E-state index is 3.75. The zero-order valence-corrected chi connectivity index (χ0v) is 13.7. The quantitative estimate of drug-likeness (QED) is 0.730. The van der Waals surface area contributed by atoms with Gasteiger partial charge >= 0.3 is 0 Å². The van der Waals surface area contributed by atoms with E-state index in [0.717, 1.165) is 12.3 Å². The second-order valence-corrected chi connectivity index (χ2v) is 7.09. The normalized spacial score (nSPS) is 23.6. The second-order valence-electron chi connectivity index (χ2n) is 7.09. The van der Waals surface area contributed by atoms with Gasteiger partial charge < -0.3 is 5.32 Å². The number of benzene rings is 1. The second kappa shape index (κ2) is 6.65. The summed E-state index contributed by atoms with van der Waals surface area (Å²) in [5, 5.41) is 3.75. The van der Waals surface area contributed by atoms with E-state index in [0.29, 0.717) is 11.5 Å². The summed E-state index contributed by atoms with van der Waals surface area (Å²) in [6.45, 7) is 9.43. The topological polar surface area (TPSA) is 12.0 Å². The van der Waals surface area contributed by atoms with Crippen molar-refractivity contribution in [1.82, 2.24) is 0 Å². The molecule has 0 heterocycles. The van der Waals surface area contributed by atoms with E-state index in [1.165, 1.54) is 43.4 Å². The maximum absolute atomic E-state index is 3.75. The smallest absolute Gasteiger partial charge is 0.0345 e. The predicted molar refractivity (Wildman–Crippen MR) is 89.3 cm³/mol. The Bertz CT molecular complexity index is 414. The van der Waals surface area contributed by atoms with Crippen molar-refractivity contribution in [2.24, 2.45) is 11.3 Å². The van der Waals surface area contributed by atoms with E-state index in [1.807, 2.05) is 0 Å². The fourth-order valence-corrected chi connectivity index (χ4v) is 3.42. The largest absolute Gasteiger partial charge is 0.382 e. The molecule has 1 fully saturated rings. The molecule has 0 bridgehead atoms. The van der Waals surface area contributed by atoms with E-state index in [9.17, 15) is 0 Å². The van der Waals surface area contributed by atoms with Crippen molar-refractivity contribution in [2.75, 3.05) is 5.32 Å². The van der Waals surface area contributed by atoms with Gasteiger partial charge in [-0.05, 0) is 61.1 Å². The Morgan fingerprint density at radius 1 is 1.10 bits per heavy atom. The highest BCUT2D eigenvalue weighted by Crippen LogP contribution is 2.40. The molecule has 0 aromatic heterocycles. The van der Waals surface area contributed by atoms with Gasteiger partial charge in [0.15, 0.2) is 0 Å². The number of anilines is 1. The zero-order valence-electron chi connectivity index (χ0n) is 13.7. The average Bonchev–Trinajstić information content (AvgIpc) is 2.48. The SMILES string of the molecule is CCc1cccc(NC2CCC(C(C)(C)CC)CC2)c1. The van der Waals surface area contributed by atoms with Gasteiger partial charge in [0.25, 0.3) is 0 Å². The van der Waals surface area contributed by atoms with E-state index < -0.39 is 0 Å². The van der Waals surface area contributed by atoms with Crippen LogP contribution in [0, 0.1) is 11.3 Å². The van der Waals surface area contributed by atoms with Crippen LogP contribution in [0.15, 0.2) is 24.3 Å². The molecule has 1 heteroatoms. The summed E-state index contributed by atoms with van der Waals surface area (Å²) in [6, 6.07) is 9.58. The summed E-state index contributed by atoms with van der Waals surface area (Å²) >= 11 is 0. The molecule has 1 aliphatic rings. The summed E-state index contributed by atoms with van der Waals surface area (Å²) in [5.41, 5.74) is 3.26. The van der Waals surface area contributed by atoms with E-state index in [4.69, 9.17) is 0 Å². The third-order valence-corrected chi connectivity index (χ3v) is 5.45. The first-order chi connectivity index (χ1) is 9.55. The monoisotopic (exact) mass is 273 g/mol. The van der Waals surface area contributed by atoms with Crippen LogP contribution in [0.4, 0.5) is 5.69 Å². The van der Waals surface area contributed by atoms with Crippen LogP contribution in [0.25, 0.3) is 0 Å². The Morgan fingerprint density at radius 3 is 2.40 bits per heavy atom. The Labute approximate surface area is 125 Å². The third-order valence-electron chi connectivity index (χ3n) is 5.45. The van der Waals surface area contributed by atoms with Crippen molar-refractivity contribution in [3.05, 3.63) is 29.8 Å². The fraction of sp³-hybridized carbons (Fsp3) is 0.684. The third kappa shape index (κ3) is 3.77. The summed E-state index contributed by atoms with van der Waals surface area (Å²) in [4.78, 5) is 0.